The average Bonchev–Trinajstić information content (AvgIpc) is 2.00. The van der Waals surface area contributed by atoms with Crippen LogP contribution in [0.2, 0.25) is 0 Å². The number of allylic oxidation sites excluding steroid dienone is 3. The van der Waals surface area contributed by atoms with E-state index in [0.717, 1.165) is 12.8 Å². The van der Waals surface area contributed by atoms with Gasteiger partial charge in [-0.25, -0.2) is 4.79 Å². The Bertz CT molecular complexity index is 212. The van der Waals surface area contributed by atoms with Crippen molar-refractivity contribution in [1.29, 1.82) is 0 Å². The summed E-state index contributed by atoms with van der Waals surface area (Å²) in [4.78, 5) is 10.4. The van der Waals surface area contributed by atoms with Gasteiger partial charge in [-0.1, -0.05) is 31.1 Å². The monoisotopic (exact) mass is 168 g/mol. The average molecular weight is 168 g/mol. The summed E-state index contributed by atoms with van der Waals surface area (Å²) < 4.78 is 0. The van der Waals surface area contributed by atoms with Gasteiger partial charge < -0.3 is 5.11 Å². The lowest BCUT2D eigenvalue weighted by Crippen LogP contribution is -1.94. The van der Waals surface area contributed by atoms with Crippen LogP contribution in [-0.2, 0) is 4.79 Å². The molecule has 0 aromatic rings. The fraction of sp³-hybridized carbons (Fsp3) is 0.500. The molecule has 0 aliphatic rings. The van der Waals surface area contributed by atoms with Crippen LogP contribution in [0.25, 0.3) is 0 Å². The first-order chi connectivity index (χ1) is 5.57. The minimum Gasteiger partial charge on any atom is -0.478 e. The highest BCUT2D eigenvalue weighted by atomic mass is 16.4. The van der Waals surface area contributed by atoms with E-state index in [4.69, 9.17) is 5.11 Å². The Morgan fingerprint density at radius 3 is 2.33 bits per heavy atom. The van der Waals surface area contributed by atoms with Gasteiger partial charge in [-0.15, -0.1) is 0 Å². The van der Waals surface area contributed by atoms with Crippen molar-refractivity contribution < 1.29 is 9.90 Å². The summed E-state index contributed by atoms with van der Waals surface area (Å²) in [6, 6.07) is 0. The van der Waals surface area contributed by atoms with Gasteiger partial charge in [-0.05, 0) is 20.3 Å². The van der Waals surface area contributed by atoms with E-state index < -0.39 is 5.97 Å². The molecule has 0 saturated heterocycles. The van der Waals surface area contributed by atoms with Crippen molar-refractivity contribution in [2.24, 2.45) is 0 Å². The van der Waals surface area contributed by atoms with Crippen LogP contribution < -0.4 is 0 Å². The maximum absolute atomic E-state index is 10.4. The van der Waals surface area contributed by atoms with Gasteiger partial charge in [-0.2, -0.15) is 0 Å². The second-order valence-corrected chi connectivity index (χ2v) is 2.92. The molecule has 1 N–H and O–H groups in total. The minimum atomic E-state index is -0.851. The largest absolute Gasteiger partial charge is 0.478 e. The van der Waals surface area contributed by atoms with E-state index in [1.54, 1.807) is 13.0 Å². The quantitative estimate of drug-likeness (QED) is 0.517. The van der Waals surface area contributed by atoms with Gasteiger partial charge in [0.2, 0.25) is 0 Å². The van der Waals surface area contributed by atoms with Crippen molar-refractivity contribution in [3.8, 4) is 0 Å². The molecule has 0 atom stereocenters. The van der Waals surface area contributed by atoms with Gasteiger partial charge in [0.05, 0.1) is 0 Å². The number of hydrogen-bond acceptors (Lipinski definition) is 1. The summed E-state index contributed by atoms with van der Waals surface area (Å²) >= 11 is 0. The zero-order valence-corrected chi connectivity index (χ0v) is 7.92. The van der Waals surface area contributed by atoms with Crippen LogP contribution in [0.3, 0.4) is 0 Å². The third kappa shape index (κ3) is 4.72. The van der Waals surface area contributed by atoms with Crippen molar-refractivity contribution in [3.05, 3.63) is 23.3 Å². The molecule has 0 bridgehead atoms. The summed E-state index contributed by atoms with van der Waals surface area (Å²) in [5.74, 6) is -0.851. The van der Waals surface area contributed by atoms with Crippen molar-refractivity contribution in [1.82, 2.24) is 0 Å². The maximum atomic E-state index is 10.4. The second-order valence-electron chi connectivity index (χ2n) is 2.92. The number of carbonyl (C=O) groups is 1. The van der Waals surface area contributed by atoms with E-state index in [0.29, 0.717) is 5.57 Å². The summed E-state index contributed by atoms with van der Waals surface area (Å²) in [6.45, 7) is 5.71. The second kappa shape index (κ2) is 5.58. The van der Waals surface area contributed by atoms with E-state index in [1.165, 1.54) is 5.57 Å². The lowest BCUT2D eigenvalue weighted by Gasteiger charge is -1.94. The van der Waals surface area contributed by atoms with Gasteiger partial charge in [0.15, 0.2) is 0 Å². The standard InChI is InChI=1S/C10H16O2/c1-4-5-8(2)6-7-9(3)10(11)12/h6-7H,4-5H2,1-3H3,(H,11,12). The maximum Gasteiger partial charge on any atom is 0.331 e. The Labute approximate surface area is 73.6 Å². The molecule has 0 heterocycles. The van der Waals surface area contributed by atoms with Crippen LogP contribution >= 0.6 is 0 Å². The SMILES string of the molecule is CCCC(C)=CC=C(C)C(=O)O. The van der Waals surface area contributed by atoms with Crippen LogP contribution in [0.15, 0.2) is 23.3 Å². The molecule has 0 rings (SSSR count). The summed E-state index contributed by atoms with van der Waals surface area (Å²) in [5, 5.41) is 8.53. The predicted octanol–water partition coefficient (Wildman–Crippen LogP) is 2.76. The number of aliphatic carboxylic acids is 1. The van der Waals surface area contributed by atoms with Crippen molar-refractivity contribution in [3.63, 3.8) is 0 Å². The van der Waals surface area contributed by atoms with E-state index in [-0.39, 0.29) is 0 Å². The Balaban J connectivity index is 4.17. The number of rotatable bonds is 4. The molecule has 2 nitrogen and oxygen atoms in total. The normalized spacial score (nSPS) is 13.2. The molecule has 2 heteroatoms. The molecule has 0 fully saturated rings. The van der Waals surface area contributed by atoms with Crippen LogP contribution in [-0.4, -0.2) is 11.1 Å². The smallest absolute Gasteiger partial charge is 0.331 e. The molecule has 0 unspecified atom stereocenters. The Hall–Kier alpha value is -1.05. The first-order valence-electron chi connectivity index (χ1n) is 4.15. The molecule has 0 aliphatic carbocycles. The summed E-state index contributed by atoms with van der Waals surface area (Å²) in [5.41, 5.74) is 1.60. The van der Waals surface area contributed by atoms with E-state index in [2.05, 4.69) is 6.92 Å². The highest BCUT2D eigenvalue weighted by Crippen LogP contribution is 2.04. The lowest BCUT2D eigenvalue weighted by atomic mass is 10.1. The molecule has 0 saturated carbocycles. The van der Waals surface area contributed by atoms with Crippen LogP contribution in [0, 0.1) is 0 Å². The van der Waals surface area contributed by atoms with Crippen LogP contribution in [0.5, 0.6) is 0 Å². The molecular weight excluding hydrogens is 152 g/mol. The predicted molar refractivity (Wildman–Crippen MR) is 50.1 cm³/mol. The zero-order valence-electron chi connectivity index (χ0n) is 7.92. The van der Waals surface area contributed by atoms with Gasteiger partial charge in [0.25, 0.3) is 0 Å². The third-order valence-electron chi connectivity index (χ3n) is 1.60. The molecule has 0 aromatic heterocycles. The minimum absolute atomic E-state index is 0.380. The molecule has 68 valence electrons. The van der Waals surface area contributed by atoms with Gasteiger partial charge in [0.1, 0.15) is 0 Å². The molecular formula is C10H16O2. The molecule has 0 aromatic carbocycles. The van der Waals surface area contributed by atoms with Gasteiger partial charge >= 0.3 is 5.97 Å². The summed E-state index contributed by atoms with van der Waals surface area (Å²) in [6.07, 6.45) is 5.64. The van der Waals surface area contributed by atoms with Gasteiger partial charge in [0, 0.05) is 5.57 Å². The van der Waals surface area contributed by atoms with Gasteiger partial charge in [-0.3, -0.25) is 0 Å². The molecule has 0 aliphatic heterocycles. The molecule has 0 radical (unpaired) electrons. The van der Waals surface area contributed by atoms with E-state index in [1.807, 2.05) is 13.0 Å². The molecule has 0 amide bonds. The summed E-state index contributed by atoms with van der Waals surface area (Å²) in [7, 11) is 0. The lowest BCUT2D eigenvalue weighted by molar-refractivity contribution is -0.132. The van der Waals surface area contributed by atoms with E-state index >= 15 is 0 Å². The van der Waals surface area contributed by atoms with Crippen molar-refractivity contribution >= 4 is 5.97 Å². The Kier molecular flexibility index (Phi) is 5.09. The topological polar surface area (TPSA) is 37.3 Å². The van der Waals surface area contributed by atoms with Crippen molar-refractivity contribution in [2.45, 2.75) is 33.6 Å². The van der Waals surface area contributed by atoms with Crippen molar-refractivity contribution in [2.75, 3.05) is 0 Å². The number of carboxylic acid groups (broad SMARTS) is 1. The zero-order chi connectivity index (χ0) is 9.56. The molecule has 0 spiro atoms. The Morgan fingerprint density at radius 2 is 1.92 bits per heavy atom. The highest BCUT2D eigenvalue weighted by molar-refractivity contribution is 5.86. The highest BCUT2D eigenvalue weighted by Gasteiger charge is 1.96. The van der Waals surface area contributed by atoms with E-state index in [9.17, 15) is 4.79 Å². The Morgan fingerprint density at radius 1 is 1.33 bits per heavy atom. The third-order valence-corrected chi connectivity index (χ3v) is 1.60. The van der Waals surface area contributed by atoms with Crippen LogP contribution in [0.4, 0.5) is 0 Å². The first kappa shape index (κ1) is 11.0. The number of hydrogen-bond donors (Lipinski definition) is 1. The fourth-order valence-electron chi connectivity index (χ4n) is 0.816. The first-order valence-corrected chi connectivity index (χ1v) is 4.15. The van der Waals surface area contributed by atoms with Crippen LogP contribution in [0.1, 0.15) is 33.6 Å². The number of carboxylic acids is 1. The fourth-order valence-corrected chi connectivity index (χ4v) is 0.816. The molecule has 12 heavy (non-hydrogen) atoms.